The normalized spacial score (nSPS) is 13.2. The van der Waals surface area contributed by atoms with Crippen LogP contribution in [0.1, 0.15) is 41.0 Å². The lowest BCUT2D eigenvalue weighted by Crippen LogP contribution is -2.35. The first kappa shape index (κ1) is 17.8. The van der Waals surface area contributed by atoms with Crippen molar-refractivity contribution in [1.82, 2.24) is 4.72 Å². The molecule has 0 aliphatic carbocycles. The Labute approximate surface area is 128 Å². The van der Waals surface area contributed by atoms with E-state index in [1.165, 1.54) is 13.1 Å². The first-order valence-corrected chi connectivity index (χ1v) is 8.46. The second-order valence-electron chi connectivity index (χ2n) is 7.20. The van der Waals surface area contributed by atoms with Crippen LogP contribution in [0.4, 0.5) is 11.4 Å². The summed E-state index contributed by atoms with van der Waals surface area (Å²) in [7, 11) is -2.09. The Hall–Kier alpha value is -1.27. The number of hydrogen-bond donors (Lipinski definition) is 3. The van der Waals surface area contributed by atoms with Crippen molar-refractivity contribution in [2.24, 2.45) is 5.41 Å². The van der Waals surface area contributed by atoms with Crippen molar-refractivity contribution in [1.29, 1.82) is 0 Å². The van der Waals surface area contributed by atoms with E-state index in [0.29, 0.717) is 5.69 Å². The Morgan fingerprint density at radius 2 is 1.71 bits per heavy atom. The van der Waals surface area contributed by atoms with E-state index in [2.05, 4.69) is 44.7 Å². The molecular formula is C15H27N3O2S. The van der Waals surface area contributed by atoms with Crippen LogP contribution in [0.25, 0.3) is 0 Å². The number of rotatable bonds is 5. The smallest absolute Gasteiger partial charge is 0.240 e. The molecule has 0 fully saturated rings. The molecule has 1 aromatic carbocycles. The first-order valence-electron chi connectivity index (χ1n) is 6.98. The lowest BCUT2D eigenvalue weighted by Gasteiger charge is -2.34. The Balaban J connectivity index is 3.02. The maximum Gasteiger partial charge on any atom is 0.240 e. The van der Waals surface area contributed by atoms with Gasteiger partial charge in [-0.3, -0.25) is 0 Å². The molecule has 6 heteroatoms. The van der Waals surface area contributed by atoms with Gasteiger partial charge in [-0.1, -0.05) is 20.8 Å². The van der Waals surface area contributed by atoms with Crippen LogP contribution in [0.15, 0.2) is 23.1 Å². The zero-order valence-corrected chi connectivity index (χ0v) is 14.6. The molecule has 0 atom stereocenters. The minimum absolute atomic E-state index is 0.143. The van der Waals surface area contributed by atoms with E-state index >= 15 is 0 Å². The molecule has 5 nitrogen and oxygen atoms in total. The van der Waals surface area contributed by atoms with Gasteiger partial charge in [0.25, 0.3) is 0 Å². The van der Waals surface area contributed by atoms with Crippen molar-refractivity contribution in [3.63, 3.8) is 0 Å². The van der Waals surface area contributed by atoms with Crippen LogP contribution in [0.3, 0.4) is 0 Å². The Morgan fingerprint density at radius 3 is 2.14 bits per heavy atom. The van der Waals surface area contributed by atoms with Crippen molar-refractivity contribution in [2.75, 3.05) is 18.1 Å². The van der Waals surface area contributed by atoms with Crippen LogP contribution in [0.2, 0.25) is 0 Å². The number of nitrogens with one attached hydrogen (secondary N) is 2. The van der Waals surface area contributed by atoms with Gasteiger partial charge in [0.15, 0.2) is 0 Å². The van der Waals surface area contributed by atoms with E-state index in [0.717, 1.165) is 12.1 Å². The average molecular weight is 313 g/mol. The summed E-state index contributed by atoms with van der Waals surface area (Å²) in [6.07, 6.45) is 0.954. The topological polar surface area (TPSA) is 84.2 Å². The molecule has 0 radical (unpaired) electrons. The van der Waals surface area contributed by atoms with Gasteiger partial charge in [-0.25, -0.2) is 13.1 Å². The molecule has 0 saturated heterocycles. The zero-order chi connectivity index (χ0) is 16.5. The fraction of sp³-hybridized carbons (Fsp3) is 0.600. The highest BCUT2D eigenvalue weighted by molar-refractivity contribution is 7.89. The second kappa shape index (κ2) is 5.85. The van der Waals surface area contributed by atoms with Crippen LogP contribution in [-0.4, -0.2) is 21.0 Å². The summed E-state index contributed by atoms with van der Waals surface area (Å²) >= 11 is 0. The number of hydrogen-bond acceptors (Lipinski definition) is 4. The SMILES string of the molecule is CNS(=O)(=O)c1ccc(NC(C)(C)CC(C)(C)C)c(N)c1. The fourth-order valence-electron chi connectivity index (χ4n) is 2.67. The molecule has 120 valence electrons. The summed E-state index contributed by atoms with van der Waals surface area (Å²) in [5.41, 5.74) is 7.20. The molecule has 0 spiro atoms. The number of anilines is 2. The molecule has 0 heterocycles. The van der Waals surface area contributed by atoms with Crippen molar-refractivity contribution < 1.29 is 8.42 Å². The van der Waals surface area contributed by atoms with Gasteiger partial charge in [0, 0.05) is 5.54 Å². The van der Waals surface area contributed by atoms with E-state index in [1.807, 2.05) is 0 Å². The summed E-state index contributed by atoms with van der Waals surface area (Å²) in [5, 5.41) is 3.40. The first-order chi connectivity index (χ1) is 9.36. The molecule has 0 aliphatic heterocycles. The molecule has 0 saturated carbocycles. The largest absolute Gasteiger partial charge is 0.397 e. The maximum atomic E-state index is 11.8. The molecule has 0 aliphatic rings. The second-order valence-corrected chi connectivity index (χ2v) is 9.09. The molecule has 0 bridgehead atoms. The van der Waals surface area contributed by atoms with Gasteiger partial charge in [0.1, 0.15) is 0 Å². The summed E-state index contributed by atoms with van der Waals surface area (Å²) < 4.78 is 25.8. The Kier molecular flexibility index (Phi) is 4.95. The Bertz CT molecular complexity index is 602. The summed E-state index contributed by atoms with van der Waals surface area (Å²) in [6, 6.07) is 4.74. The quantitative estimate of drug-likeness (QED) is 0.730. The molecule has 4 N–H and O–H groups in total. The minimum atomic E-state index is -3.47. The molecule has 1 aromatic rings. The molecule has 1 rings (SSSR count). The molecular weight excluding hydrogens is 286 g/mol. The standard InChI is InChI=1S/C15H27N3O2S/c1-14(2,3)10-15(4,5)18-13-8-7-11(9-12(13)16)21(19,20)17-6/h7-9,17-18H,10,16H2,1-6H3. The predicted molar refractivity (Wildman–Crippen MR) is 88.9 cm³/mol. The van der Waals surface area contributed by atoms with Crippen LogP contribution >= 0.6 is 0 Å². The third kappa shape index (κ3) is 5.21. The number of benzene rings is 1. The van der Waals surface area contributed by atoms with Crippen molar-refractivity contribution in [2.45, 2.75) is 51.5 Å². The summed E-state index contributed by atoms with van der Waals surface area (Å²) in [4.78, 5) is 0.168. The van der Waals surface area contributed by atoms with Gasteiger partial charge < -0.3 is 11.1 Å². The van der Waals surface area contributed by atoms with E-state index in [9.17, 15) is 8.42 Å². The lowest BCUT2D eigenvalue weighted by molar-refractivity contribution is 0.302. The number of nitrogen functional groups attached to an aromatic ring is 1. The van der Waals surface area contributed by atoms with Gasteiger partial charge in [0.2, 0.25) is 10.0 Å². The highest BCUT2D eigenvalue weighted by Crippen LogP contribution is 2.32. The van der Waals surface area contributed by atoms with E-state index in [4.69, 9.17) is 5.73 Å². The highest BCUT2D eigenvalue weighted by Gasteiger charge is 2.26. The summed E-state index contributed by atoms with van der Waals surface area (Å²) in [6.45, 7) is 10.8. The molecule has 21 heavy (non-hydrogen) atoms. The number of sulfonamides is 1. The lowest BCUT2D eigenvalue weighted by atomic mass is 9.81. The third-order valence-electron chi connectivity index (χ3n) is 3.05. The van der Waals surface area contributed by atoms with Crippen LogP contribution in [0.5, 0.6) is 0 Å². The van der Waals surface area contributed by atoms with Gasteiger partial charge in [-0.05, 0) is 50.9 Å². The van der Waals surface area contributed by atoms with Gasteiger partial charge in [-0.2, -0.15) is 0 Å². The average Bonchev–Trinajstić information content (AvgIpc) is 2.28. The van der Waals surface area contributed by atoms with Gasteiger partial charge in [-0.15, -0.1) is 0 Å². The zero-order valence-electron chi connectivity index (χ0n) is 13.7. The maximum absolute atomic E-state index is 11.8. The summed E-state index contributed by atoms with van der Waals surface area (Å²) in [5.74, 6) is 0. The van der Waals surface area contributed by atoms with Gasteiger partial charge in [0.05, 0.1) is 16.3 Å². The molecule has 0 aromatic heterocycles. The van der Waals surface area contributed by atoms with Crippen molar-refractivity contribution in [3.05, 3.63) is 18.2 Å². The van der Waals surface area contributed by atoms with Crippen LogP contribution in [0, 0.1) is 5.41 Å². The fourth-order valence-corrected chi connectivity index (χ4v) is 3.44. The highest BCUT2D eigenvalue weighted by atomic mass is 32.2. The molecule has 0 amide bonds. The van der Waals surface area contributed by atoms with Gasteiger partial charge >= 0.3 is 0 Å². The van der Waals surface area contributed by atoms with E-state index in [-0.39, 0.29) is 15.8 Å². The Morgan fingerprint density at radius 1 is 1.14 bits per heavy atom. The van der Waals surface area contributed by atoms with E-state index < -0.39 is 10.0 Å². The number of nitrogens with two attached hydrogens (primary N) is 1. The minimum Gasteiger partial charge on any atom is -0.397 e. The van der Waals surface area contributed by atoms with Crippen molar-refractivity contribution >= 4 is 21.4 Å². The van der Waals surface area contributed by atoms with Crippen molar-refractivity contribution in [3.8, 4) is 0 Å². The predicted octanol–water partition coefficient (Wildman–Crippen LogP) is 2.80. The van der Waals surface area contributed by atoms with E-state index in [1.54, 1.807) is 12.1 Å². The van der Waals surface area contributed by atoms with Crippen LogP contribution < -0.4 is 15.8 Å². The monoisotopic (exact) mass is 313 g/mol. The third-order valence-corrected chi connectivity index (χ3v) is 4.46. The molecule has 0 unspecified atom stereocenters. The van der Waals surface area contributed by atoms with Crippen LogP contribution in [-0.2, 0) is 10.0 Å².